The molecule has 31 heavy (non-hydrogen) atoms. The largest absolute Gasteiger partial charge is 0.480 e. The van der Waals surface area contributed by atoms with Crippen molar-refractivity contribution in [3.8, 4) is 0 Å². The summed E-state index contributed by atoms with van der Waals surface area (Å²) in [6.45, 7) is 2.94. The monoisotopic (exact) mass is 420 g/mol. The van der Waals surface area contributed by atoms with E-state index >= 15 is 0 Å². The van der Waals surface area contributed by atoms with Crippen LogP contribution in [0.1, 0.15) is 36.0 Å². The molecule has 1 aliphatic rings. The van der Waals surface area contributed by atoms with Gasteiger partial charge in [0.25, 0.3) is 0 Å². The molecule has 2 aromatic heterocycles. The SMILES string of the molecule is CN(CC(=O)O)Cc1nnc(C2CCN(c3ccccn3)CC2)n1Cc1ccccc1. The molecule has 1 fully saturated rings. The zero-order valence-electron chi connectivity index (χ0n) is 17.8. The Bertz CT molecular complexity index is 984. The van der Waals surface area contributed by atoms with Gasteiger partial charge in [-0.05, 0) is 37.6 Å². The van der Waals surface area contributed by atoms with Crippen LogP contribution in [0.3, 0.4) is 0 Å². The lowest BCUT2D eigenvalue weighted by atomic mass is 9.95. The van der Waals surface area contributed by atoms with E-state index in [1.165, 1.54) is 5.56 Å². The number of rotatable bonds is 8. The first kappa shape index (κ1) is 21.0. The topological polar surface area (TPSA) is 87.4 Å². The molecule has 8 heteroatoms. The van der Waals surface area contributed by atoms with Crippen LogP contribution in [0, 0.1) is 0 Å². The lowest BCUT2D eigenvalue weighted by molar-refractivity contribution is -0.138. The Hall–Kier alpha value is -3.26. The van der Waals surface area contributed by atoms with Gasteiger partial charge >= 0.3 is 5.97 Å². The van der Waals surface area contributed by atoms with E-state index in [0.29, 0.717) is 19.0 Å². The third-order valence-electron chi connectivity index (χ3n) is 5.69. The highest BCUT2D eigenvalue weighted by molar-refractivity contribution is 5.68. The molecule has 4 rings (SSSR count). The highest BCUT2D eigenvalue weighted by Crippen LogP contribution is 2.29. The smallest absolute Gasteiger partial charge is 0.317 e. The Morgan fingerprint density at radius 1 is 1.10 bits per heavy atom. The molecule has 3 heterocycles. The molecule has 0 saturated carbocycles. The molecule has 0 amide bonds. The summed E-state index contributed by atoms with van der Waals surface area (Å²) in [6.07, 6.45) is 3.79. The maximum absolute atomic E-state index is 11.1. The number of aromatic nitrogens is 4. The Morgan fingerprint density at radius 2 is 1.84 bits per heavy atom. The predicted molar refractivity (Wildman–Crippen MR) is 118 cm³/mol. The summed E-state index contributed by atoms with van der Waals surface area (Å²) in [7, 11) is 1.79. The molecular weight excluding hydrogens is 392 g/mol. The first-order chi connectivity index (χ1) is 15.1. The Balaban J connectivity index is 1.53. The maximum atomic E-state index is 11.1. The zero-order valence-corrected chi connectivity index (χ0v) is 17.8. The molecule has 0 spiro atoms. The van der Waals surface area contributed by atoms with E-state index in [-0.39, 0.29) is 6.54 Å². The average molecular weight is 421 g/mol. The van der Waals surface area contributed by atoms with Crippen molar-refractivity contribution < 1.29 is 9.90 Å². The van der Waals surface area contributed by atoms with Crippen LogP contribution in [-0.2, 0) is 17.9 Å². The third-order valence-corrected chi connectivity index (χ3v) is 5.69. The second-order valence-electron chi connectivity index (χ2n) is 8.06. The van der Waals surface area contributed by atoms with Gasteiger partial charge in [0.2, 0.25) is 0 Å². The number of carboxylic acid groups (broad SMARTS) is 1. The molecule has 0 bridgehead atoms. The second-order valence-corrected chi connectivity index (χ2v) is 8.06. The summed E-state index contributed by atoms with van der Waals surface area (Å²) >= 11 is 0. The number of hydrogen-bond acceptors (Lipinski definition) is 6. The van der Waals surface area contributed by atoms with Crippen LogP contribution in [0.5, 0.6) is 0 Å². The number of pyridine rings is 1. The number of anilines is 1. The van der Waals surface area contributed by atoms with E-state index in [0.717, 1.165) is 43.4 Å². The zero-order chi connectivity index (χ0) is 21.6. The van der Waals surface area contributed by atoms with Gasteiger partial charge in [-0.15, -0.1) is 10.2 Å². The van der Waals surface area contributed by atoms with Gasteiger partial charge < -0.3 is 14.6 Å². The Kier molecular flexibility index (Phi) is 6.57. The Morgan fingerprint density at radius 3 is 2.52 bits per heavy atom. The fourth-order valence-electron chi connectivity index (χ4n) is 4.14. The van der Waals surface area contributed by atoms with Gasteiger partial charge in [-0.2, -0.15) is 0 Å². The molecule has 1 N–H and O–H groups in total. The van der Waals surface area contributed by atoms with Crippen LogP contribution >= 0.6 is 0 Å². The van der Waals surface area contributed by atoms with E-state index in [4.69, 9.17) is 5.11 Å². The Labute approximate surface area is 182 Å². The number of likely N-dealkylation sites (N-methyl/N-ethyl adjacent to an activating group) is 1. The van der Waals surface area contributed by atoms with Crippen molar-refractivity contribution in [2.75, 3.05) is 31.6 Å². The van der Waals surface area contributed by atoms with Crippen molar-refractivity contribution in [2.24, 2.45) is 0 Å². The fraction of sp³-hybridized carbons (Fsp3) is 0.391. The molecular formula is C23H28N6O2. The molecule has 8 nitrogen and oxygen atoms in total. The summed E-state index contributed by atoms with van der Waals surface area (Å²) < 4.78 is 2.18. The first-order valence-electron chi connectivity index (χ1n) is 10.6. The van der Waals surface area contributed by atoms with Gasteiger partial charge in [0, 0.05) is 25.2 Å². The van der Waals surface area contributed by atoms with Gasteiger partial charge in [0.15, 0.2) is 0 Å². The van der Waals surface area contributed by atoms with Gasteiger partial charge in [-0.1, -0.05) is 36.4 Å². The minimum absolute atomic E-state index is 0.0318. The van der Waals surface area contributed by atoms with E-state index in [2.05, 4.69) is 42.8 Å². The number of carbonyl (C=O) groups is 1. The molecule has 0 aliphatic carbocycles. The van der Waals surface area contributed by atoms with Gasteiger partial charge in [0.05, 0.1) is 19.6 Å². The van der Waals surface area contributed by atoms with Crippen LogP contribution in [-0.4, -0.2) is 62.4 Å². The minimum atomic E-state index is -0.848. The molecule has 3 aromatic rings. The standard InChI is InChI=1S/C23H28N6O2/c1-27(17-22(30)31)16-21-25-26-23(29(21)15-18-7-3-2-4-8-18)19-10-13-28(14-11-19)20-9-5-6-12-24-20/h2-9,12,19H,10-11,13-17H2,1H3,(H,30,31). The summed E-state index contributed by atoms with van der Waals surface area (Å²) in [5.74, 6) is 2.27. The lowest BCUT2D eigenvalue weighted by Gasteiger charge is -2.32. The molecule has 0 radical (unpaired) electrons. The maximum Gasteiger partial charge on any atom is 0.317 e. The number of benzene rings is 1. The third kappa shape index (κ3) is 5.27. The van der Waals surface area contributed by atoms with Crippen LogP contribution < -0.4 is 4.90 Å². The van der Waals surface area contributed by atoms with E-state index in [1.807, 2.05) is 36.5 Å². The number of nitrogens with zero attached hydrogens (tertiary/aromatic N) is 6. The van der Waals surface area contributed by atoms with Crippen LogP contribution in [0.4, 0.5) is 5.82 Å². The van der Waals surface area contributed by atoms with Gasteiger partial charge in [-0.25, -0.2) is 4.98 Å². The van der Waals surface area contributed by atoms with E-state index in [9.17, 15) is 4.79 Å². The normalized spacial score (nSPS) is 14.8. The van der Waals surface area contributed by atoms with Crippen molar-refractivity contribution in [1.29, 1.82) is 0 Å². The second kappa shape index (κ2) is 9.70. The number of hydrogen-bond donors (Lipinski definition) is 1. The summed E-state index contributed by atoms with van der Waals surface area (Å²) in [4.78, 5) is 19.6. The fourth-order valence-corrected chi connectivity index (χ4v) is 4.14. The number of carboxylic acids is 1. The van der Waals surface area contributed by atoms with Gasteiger partial charge in [0.1, 0.15) is 17.5 Å². The molecule has 0 atom stereocenters. The van der Waals surface area contributed by atoms with Crippen molar-refractivity contribution in [1.82, 2.24) is 24.6 Å². The summed E-state index contributed by atoms with van der Waals surface area (Å²) in [5, 5.41) is 18.1. The minimum Gasteiger partial charge on any atom is -0.480 e. The van der Waals surface area contributed by atoms with Crippen LogP contribution in [0.15, 0.2) is 54.7 Å². The number of piperidine rings is 1. The first-order valence-corrected chi connectivity index (χ1v) is 10.6. The summed E-state index contributed by atoms with van der Waals surface area (Å²) in [6, 6.07) is 16.3. The number of aliphatic carboxylic acids is 1. The van der Waals surface area contributed by atoms with Gasteiger partial charge in [-0.3, -0.25) is 9.69 Å². The van der Waals surface area contributed by atoms with E-state index in [1.54, 1.807) is 11.9 Å². The van der Waals surface area contributed by atoms with Crippen LogP contribution in [0.25, 0.3) is 0 Å². The molecule has 1 saturated heterocycles. The lowest BCUT2D eigenvalue weighted by Crippen LogP contribution is -2.34. The van der Waals surface area contributed by atoms with Crippen molar-refractivity contribution >= 4 is 11.8 Å². The highest BCUT2D eigenvalue weighted by Gasteiger charge is 2.27. The highest BCUT2D eigenvalue weighted by atomic mass is 16.4. The quantitative estimate of drug-likeness (QED) is 0.599. The predicted octanol–water partition coefficient (Wildman–Crippen LogP) is 2.62. The molecule has 162 valence electrons. The van der Waals surface area contributed by atoms with Crippen molar-refractivity contribution in [2.45, 2.75) is 31.8 Å². The average Bonchev–Trinajstić information content (AvgIpc) is 3.16. The molecule has 1 aliphatic heterocycles. The van der Waals surface area contributed by atoms with Crippen molar-refractivity contribution in [3.63, 3.8) is 0 Å². The molecule has 1 aromatic carbocycles. The van der Waals surface area contributed by atoms with Crippen LogP contribution in [0.2, 0.25) is 0 Å². The molecule has 0 unspecified atom stereocenters. The van der Waals surface area contributed by atoms with E-state index < -0.39 is 5.97 Å². The van der Waals surface area contributed by atoms with Crippen molar-refractivity contribution in [3.05, 3.63) is 71.9 Å². The summed E-state index contributed by atoms with van der Waals surface area (Å²) in [5.41, 5.74) is 1.18.